The summed E-state index contributed by atoms with van der Waals surface area (Å²) < 4.78 is 28.3. The highest BCUT2D eigenvalue weighted by molar-refractivity contribution is 7.99. The van der Waals surface area contributed by atoms with Crippen LogP contribution in [0.2, 0.25) is 0 Å². The zero-order valence-corrected chi connectivity index (χ0v) is 11.9. The summed E-state index contributed by atoms with van der Waals surface area (Å²) in [6.07, 6.45) is 0. The van der Waals surface area contributed by atoms with Crippen molar-refractivity contribution >= 4 is 33.5 Å². The monoisotopic (exact) mass is 294 g/mol. The number of benzene rings is 1. The summed E-state index contributed by atoms with van der Waals surface area (Å²) in [5, 5.41) is 0. The van der Waals surface area contributed by atoms with E-state index in [1.165, 1.54) is 0 Å². The van der Waals surface area contributed by atoms with Crippen molar-refractivity contribution in [2.45, 2.75) is 11.8 Å². The van der Waals surface area contributed by atoms with E-state index in [4.69, 9.17) is 15.8 Å². The minimum atomic E-state index is -3.61. The molecular weight excluding hydrogens is 280 g/mol. The molecule has 0 spiro atoms. The van der Waals surface area contributed by atoms with E-state index in [0.717, 1.165) is 11.3 Å². The second-order valence-electron chi connectivity index (χ2n) is 3.39. The molecule has 6 heteroatoms. The molecule has 0 heterocycles. The lowest BCUT2D eigenvalue weighted by Crippen LogP contribution is -2.09. The van der Waals surface area contributed by atoms with Gasteiger partial charge in [-0.3, -0.25) is 4.18 Å². The maximum absolute atomic E-state index is 11.7. The van der Waals surface area contributed by atoms with Crippen LogP contribution in [0.25, 0.3) is 0 Å². The molecule has 0 aromatic heterocycles. The predicted molar refractivity (Wildman–Crippen MR) is 72.4 cm³/mol. The van der Waals surface area contributed by atoms with Crippen molar-refractivity contribution in [1.29, 1.82) is 0 Å². The average Bonchev–Trinajstić information content (AvgIpc) is 2.29. The third-order valence-electron chi connectivity index (χ3n) is 2.00. The molecule has 0 N–H and O–H groups in total. The average molecular weight is 295 g/mol. The Labute approximate surface area is 112 Å². The fourth-order valence-corrected chi connectivity index (χ4v) is 2.99. The number of halogens is 1. The van der Waals surface area contributed by atoms with Crippen LogP contribution in [-0.2, 0) is 14.3 Å². The Morgan fingerprint density at radius 1 is 1.24 bits per heavy atom. The normalized spacial score (nSPS) is 11.6. The van der Waals surface area contributed by atoms with Crippen molar-refractivity contribution in [1.82, 2.24) is 0 Å². The van der Waals surface area contributed by atoms with Gasteiger partial charge >= 0.3 is 0 Å². The van der Waals surface area contributed by atoms with E-state index in [0.29, 0.717) is 11.6 Å². The summed E-state index contributed by atoms with van der Waals surface area (Å²) in [6, 6.07) is 6.60. The smallest absolute Gasteiger partial charge is 0.266 e. The first kappa shape index (κ1) is 14.8. The fraction of sp³-hybridized carbons (Fsp3) is 0.455. The highest BCUT2D eigenvalue weighted by Crippen LogP contribution is 2.13. The van der Waals surface area contributed by atoms with Crippen LogP contribution in [0.5, 0.6) is 0 Å². The number of alkyl halides is 1. The Morgan fingerprint density at radius 2 is 1.88 bits per heavy atom. The molecule has 0 atom stereocenters. The molecule has 0 radical (unpaired) electrons. The van der Waals surface area contributed by atoms with Crippen LogP contribution in [0.15, 0.2) is 29.2 Å². The number of aryl methyl sites for hydroxylation is 1. The summed E-state index contributed by atoms with van der Waals surface area (Å²) >= 11 is 7.07. The Balaban J connectivity index is 2.48. The van der Waals surface area contributed by atoms with Gasteiger partial charge in [0.1, 0.15) is 0 Å². The molecule has 0 aliphatic heterocycles. The second-order valence-corrected chi connectivity index (χ2v) is 6.61. The van der Waals surface area contributed by atoms with Crippen LogP contribution in [0, 0.1) is 6.92 Å². The summed E-state index contributed by atoms with van der Waals surface area (Å²) in [7, 11) is -3.61. The number of hydrogen-bond donors (Lipinski definition) is 0. The van der Waals surface area contributed by atoms with Crippen LogP contribution in [0.4, 0.5) is 0 Å². The predicted octanol–water partition coefficient (Wildman–Crippen LogP) is 2.67. The first-order chi connectivity index (χ1) is 8.06. The molecule has 0 aliphatic rings. The Bertz CT molecular complexity index is 429. The molecule has 0 saturated carbocycles. The van der Waals surface area contributed by atoms with Gasteiger partial charge in [0.05, 0.1) is 11.5 Å². The Kier molecular flexibility index (Phi) is 6.33. The molecule has 17 heavy (non-hydrogen) atoms. The summed E-state index contributed by atoms with van der Waals surface area (Å²) in [6.45, 7) is 2.08. The quantitative estimate of drug-likeness (QED) is 0.440. The van der Waals surface area contributed by atoms with Gasteiger partial charge in [0.2, 0.25) is 0 Å². The van der Waals surface area contributed by atoms with Gasteiger partial charge in [-0.1, -0.05) is 17.7 Å². The van der Waals surface area contributed by atoms with Crippen molar-refractivity contribution in [2.75, 3.05) is 24.0 Å². The van der Waals surface area contributed by atoms with Crippen LogP contribution in [0.3, 0.4) is 0 Å². The van der Waals surface area contributed by atoms with E-state index in [1.807, 2.05) is 6.92 Å². The van der Waals surface area contributed by atoms with Gasteiger partial charge in [-0.25, -0.2) is 0 Å². The fourth-order valence-electron chi connectivity index (χ4n) is 1.13. The van der Waals surface area contributed by atoms with Gasteiger partial charge in [-0.2, -0.15) is 20.2 Å². The molecule has 0 fully saturated rings. The summed E-state index contributed by atoms with van der Waals surface area (Å²) in [5.41, 5.74) is 1.02. The van der Waals surface area contributed by atoms with Gasteiger partial charge < -0.3 is 0 Å². The number of rotatable bonds is 7. The van der Waals surface area contributed by atoms with Gasteiger partial charge in [0.15, 0.2) is 0 Å². The standard InChI is InChI=1S/C11H15ClO3S2/c1-10-2-4-11(5-3-10)17(13,14)15-7-9-16-8-6-12/h2-5H,6-9H2,1H3. The van der Waals surface area contributed by atoms with Crippen molar-refractivity contribution in [3.05, 3.63) is 29.8 Å². The van der Waals surface area contributed by atoms with Gasteiger partial charge in [-0.05, 0) is 19.1 Å². The molecule has 96 valence electrons. The van der Waals surface area contributed by atoms with Crippen molar-refractivity contribution in [3.63, 3.8) is 0 Å². The SMILES string of the molecule is Cc1ccc(S(=O)(=O)OCCSCCCl)cc1. The molecule has 0 unspecified atom stereocenters. The van der Waals surface area contributed by atoms with Crippen LogP contribution < -0.4 is 0 Å². The molecule has 3 nitrogen and oxygen atoms in total. The molecule has 0 amide bonds. The van der Waals surface area contributed by atoms with Crippen LogP contribution >= 0.6 is 23.4 Å². The highest BCUT2D eigenvalue weighted by atomic mass is 35.5. The molecule has 1 rings (SSSR count). The van der Waals surface area contributed by atoms with Gasteiger partial charge in [0, 0.05) is 17.4 Å². The van der Waals surface area contributed by atoms with Crippen molar-refractivity contribution < 1.29 is 12.6 Å². The van der Waals surface area contributed by atoms with E-state index in [-0.39, 0.29) is 11.5 Å². The van der Waals surface area contributed by atoms with Crippen LogP contribution in [0.1, 0.15) is 5.56 Å². The largest absolute Gasteiger partial charge is 0.296 e. The molecule has 1 aromatic carbocycles. The van der Waals surface area contributed by atoms with E-state index < -0.39 is 10.1 Å². The molecule has 1 aromatic rings. The zero-order valence-electron chi connectivity index (χ0n) is 9.56. The lowest BCUT2D eigenvalue weighted by atomic mass is 10.2. The third kappa shape index (κ3) is 5.29. The first-order valence-electron chi connectivity index (χ1n) is 5.16. The maximum atomic E-state index is 11.7. The molecule has 0 bridgehead atoms. The third-order valence-corrected chi connectivity index (χ3v) is 4.69. The number of thioether (sulfide) groups is 1. The van der Waals surface area contributed by atoms with E-state index in [1.54, 1.807) is 36.0 Å². The zero-order chi connectivity index (χ0) is 12.7. The van der Waals surface area contributed by atoms with E-state index in [2.05, 4.69) is 0 Å². The number of hydrogen-bond acceptors (Lipinski definition) is 4. The molecular formula is C11H15ClO3S2. The minimum absolute atomic E-state index is 0.178. The molecule has 0 aliphatic carbocycles. The van der Waals surface area contributed by atoms with Crippen molar-refractivity contribution in [2.24, 2.45) is 0 Å². The lowest BCUT2D eigenvalue weighted by molar-refractivity contribution is 0.341. The second kappa shape index (κ2) is 7.26. The highest BCUT2D eigenvalue weighted by Gasteiger charge is 2.14. The Morgan fingerprint density at radius 3 is 2.47 bits per heavy atom. The Hall–Kier alpha value is -0.230. The van der Waals surface area contributed by atoms with Gasteiger partial charge in [0.25, 0.3) is 10.1 Å². The minimum Gasteiger partial charge on any atom is -0.266 e. The van der Waals surface area contributed by atoms with Crippen molar-refractivity contribution in [3.8, 4) is 0 Å². The van der Waals surface area contributed by atoms with E-state index in [9.17, 15) is 8.42 Å². The summed E-state index contributed by atoms with van der Waals surface area (Å²) in [4.78, 5) is 0.199. The van der Waals surface area contributed by atoms with E-state index >= 15 is 0 Å². The summed E-state index contributed by atoms with van der Waals surface area (Å²) in [5.74, 6) is 1.99. The first-order valence-corrected chi connectivity index (χ1v) is 8.26. The van der Waals surface area contributed by atoms with Crippen LogP contribution in [-0.4, -0.2) is 32.4 Å². The van der Waals surface area contributed by atoms with Gasteiger partial charge in [-0.15, -0.1) is 11.6 Å². The topological polar surface area (TPSA) is 43.4 Å². The lowest BCUT2D eigenvalue weighted by Gasteiger charge is -2.05. The maximum Gasteiger partial charge on any atom is 0.296 e. The molecule has 0 saturated heterocycles.